The molecule has 0 aliphatic carbocycles. The summed E-state index contributed by atoms with van der Waals surface area (Å²) in [6, 6.07) is 23.2. The Morgan fingerprint density at radius 3 is 2.48 bits per heavy atom. The van der Waals surface area contributed by atoms with Crippen LogP contribution in [0.15, 0.2) is 77.7 Å². The minimum atomic E-state index is -0.516. The molecule has 3 aromatic rings. The predicted octanol–water partition coefficient (Wildman–Crippen LogP) is 5.06. The van der Waals surface area contributed by atoms with Gasteiger partial charge >= 0.3 is 0 Å². The van der Waals surface area contributed by atoms with Gasteiger partial charge in [-0.3, -0.25) is 4.79 Å². The first kappa shape index (κ1) is 23.3. The van der Waals surface area contributed by atoms with E-state index in [9.17, 15) is 9.90 Å². The molecule has 0 bridgehead atoms. The normalized spacial score (nSPS) is 20.4. The summed E-state index contributed by atoms with van der Waals surface area (Å²) in [5.74, 6) is 0.670. The fourth-order valence-corrected chi connectivity index (χ4v) is 4.68. The molecule has 1 fully saturated rings. The van der Waals surface area contributed by atoms with E-state index in [1.807, 2.05) is 72.8 Å². The SMILES string of the molecule is CC(=O)Nc1ccc(SC[C@@H]2C[C@H](c3ccc(CO)cc3)O[C@H](c3cccc(N)c3)O2)cc1. The Labute approximate surface area is 198 Å². The standard InChI is InChI=1S/C26H28N2O4S/c1-17(30)28-22-9-11-24(12-10-22)33-16-23-14-25(19-7-5-18(15-29)6-8-19)32-26(31-23)20-3-2-4-21(27)13-20/h2-13,23,25-26,29H,14-16,27H2,1H3,(H,28,30)/t23-,25+,26+/m0/s1. The van der Waals surface area contributed by atoms with Crippen molar-refractivity contribution in [3.8, 4) is 0 Å². The number of carbonyl (C=O) groups excluding carboxylic acids is 1. The van der Waals surface area contributed by atoms with Crippen LogP contribution in [0.4, 0.5) is 11.4 Å². The predicted molar refractivity (Wildman–Crippen MR) is 131 cm³/mol. The average molecular weight is 465 g/mol. The molecule has 1 amide bonds. The fourth-order valence-electron chi connectivity index (χ4n) is 3.76. The summed E-state index contributed by atoms with van der Waals surface area (Å²) in [5.41, 5.74) is 10.2. The molecule has 6 nitrogen and oxygen atoms in total. The molecule has 7 heteroatoms. The first-order chi connectivity index (χ1) is 16.0. The van der Waals surface area contributed by atoms with Gasteiger partial charge in [0.15, 0.2) is 6.29 Å². The lowest BCUT2D eigenvalue weighted by atomic mass is 10.0. The number of carbonyl (C=O) groups is 1. The van der Waals surface area contributed by atoms with E-state index in [1.54, 1.807) is 11.8 Å². The van der Waals surface area contributed by atoms with E-state index in [0.717, 1.165) is 33.0 Å². The van der Waals surface area contributed by atoms with Gasteiger partial charge in [-0.15, -0.1) is 11.8 Å². The number of aliphatic hydroxyl groups excluding tert-OH is 1. The molecule has 0 spiro atoms. The summed E-state index contributed by atoms with van der Waals surface area (Å²) in [6.45, 7) is 1.51. The number of ether oxygens (including phenoxy) is 2. The number of nitrogens with two attached hydrogens (primary N) is 1. The second-order valence-corrected chi connectivity index (χ2v) is 9.13. The van der Waals surface area contributed by atoms with Gasteiger partial charge in [-0.05, 0) is 47.5 Å². The van der Waals surface area contributed by atoms with E-state index in [0.29, 0.717) is 12.1 Å². The number of thioether (sulfide) groups is 1. The molecule has 4 rings (SSSR count). The Morgan fingerprint density at radius 2 is 1.82 bits per heavy atom. The Hall–Kier alpha value is -2.84. The number of aliphatic hydroxyl groups is 1. The third kappa shape index (κ3) is 6.36. The van der Waals surface area contributed by atoms with Crippen LogP contribution < -0.4 is 11.1 Å². The zero-order valence-corrected chi connectivity index (χ0v) is 19.3. The highest BCUT2D eigenvalue weighted by molar-refractivity contribution is 7.99. The third-order valence-electron chi connectivity index (χ3n) is 5.41. The molecular formula is C26H28N2O4S. The van der Waals surface area contributed by atoms with Crippen molar-refractivity contribution in [3.63, 3.8) is 0 Å². The molecule has 0 saturated carbocycles. The number of hydrogen-bond acceptors (Lipinski definition) is 6. The van der Waals surface area contributed by atoms with Crippen LogP contribution in [0, 0.1) is 0 Å². The Morgan fingerprint density at radius 1 is 1.06 bits per heavy atom. The summed E-state index contributed by atoms with van der Waals surface area (Å²) in [6.07, 6.45) is 0.0322. The van der Waals surface area contributed by atoms with Crippen molar-refractivity contribution in [2.24, 2.45) is 0 Å². The topological polar surface area (TPSA) is 93.8 Å². The van der Waals surface area contributed by atoms with Crippen LogP contribution in [0.5, 0.6) is 0 Å². The number of benzene rings is 3. The van der Waals surface area contributed by atoms with Gasteiger partial charge in [0.25, 0.3) is 0 Å². The van der Waals surface area contributed by atoms with Crippen LogP contribution in [0.2, 0.25) is 0 Å². The Kier molecular flexibility index (Phi) is 7.67. The number of nitrogen functional groups attached to an aromatic ring is 1. The smallest absolute Gasteiger partial charge is 0.221 e. The van der Waals surface area contributed by atoms with Gasteiger partial charge in [0.05, 0.1) is 18.8 Å². The number of hydrogen-bond donors (Lipinski definition) is 3. The zero-order chi connectivity index (χ0) is 23.2. The molecule has 1 saturated heterocycles. The second-order valence-electron chi connectivity index (χ2n) is 8.04. The van der Waals surface area contributed by atoms with Crippen LogP contribution in [-0.2, 0) is 20.9 Å². The van der Waals surface area contributed by atoms with E-state index < -0.39 is 6.29 Å². The van der Waals surface area contributed by atoms with Crippen molar-refractivity contribution in [3.05, 3.63) is 89.5 Å². The minimum Gasteiger partial charge on any atom is -0.399 e. The van der Waals surface area contributed by atoms with Crippen molar-refractivity contribution in [2.75, 3.05) is 16.8 Å². The molecule has 0 radical (unpaired) electrons. The van der Waals surface area contributed by atoms with Gasteiger partial charge in [-0.25, -0.2) is 0 Å². The maximum atomic E-state index is 11.2. The van der Waals surface area contributed by atoms with Crippen molar-refractivity contribution >= 4 is 29.0 Å². The van der Waals surface area contributed by atoms with Gasteiger partial charge in [-0.2, -0.15) is 0 Å². The van der Waals surface area contributed by atoms with E-state index in [-0.39, 0.29) is 24.7 Å². The molecule has 4 N–H and O–H groups in total. The van der Waals surface area contributed by atoms with E-state index in [4.69, 9.17) is 15.2 Å². The van der Waals surface area contributed by atoms with Gasteiger partial charge in [0, 0.05) is 40.9 Å². The molecule has 1 aliphatic rings. The number of rotatable bonds is 7. The quantitative estimate of drug-likeness (QED) is 0.334. The summed E-state index contributed by atoms with van der Waals surface area (Å²) in [7, 11) is 0. The van der Waals surface area contributed by atoms with Crippen molar-refractivity contribution in [1.29, 1.82) is 0 Å². The lowest BCUT2D eigenvalue weighted by molar-refractivity contribution is -0.245. The maximum Gasteiger partial charge on any atom is 0.221 e. The van der Waals surface area contributed by atoms with Crippen LogP contribution >= 0.6 is 11.8 Å². The molecule has 1 aliphatic heterocycles. The third-order valence-corrected chi connectivity index (χ3v) is 6.55. The molecule has 0 aromatic heterocycles. The first-order valence-electron chi connectivity index (χ1n) is 10.9. The zero-order valence-electron chi connectivity index (χ0n) is 18.4. The van der Waals surface area contributed by atoms with Gasteiger partial charge < -0.3 is 25.6 Å². The Balaban J connectivity index is 1.48. The lowest BCUT2D eigenvalue weighted by Crippen LogP contribution is -2.31. The highest BCUT2D eigenvalue weighted by atomic mass is 32.2. The van der Waals surface area contributed by atoms with Crippen LogP contribution in [0.25, 0.3) is 0 Å². The number of anilines is 2. The molecule has 3 aromatic carbocycles. The Bertz CT molecular complexity index is 1070. The molecule has 0 unspecified atom stereocenters. The molecule has 33 heavy (non-hydrogen) atoms. The largest absolute Gasteiger partial charge is 0.399 e. The maximum absolute atomic E-state index is 11.2. The lowest BCUT2D eigenvalue weighted by Gasteiger charge is -2.36. The van der Waals surface area contributed by atoms with Crippen LogP contribution in [-0.4, -0.2) is 22.9 Å². The van der Waals surface area contributed by atoms with E-state index in [1.165, 1.54) is 6.92 Å². The van der Waals surface area contributed by atoms with E-state index in [2.05, 4.69) is 5.32 Å². The summed E-state index contributed by atoms with van der Waals surface area (Å²) in [5, 5.41) is 12.1. The highest BCUT2D eigenvalue weighted by Crippen LogP contribution is 2.39. The van der Waals surface area contributed by atoms with Crippen LogP contribution in [0.1, 0.15) is 42.4 Å². The fraction of sp³-hybridized carbons (Fsp3) is 0.269. The number of nitrogens with one attached hydrogen (secondary N) is 1. The van der Waals surface area contributed by atoms with E-state index >= 15 is 0 Å². The van der Waals surface area contributed by atoms with Gasteiger partial charge in [-0.1, -0.05) is 36.4 Å². The highest BCUT2D eigenvalue weighted by Gasteiger charge is 2.32. The summed E-state index contributed by atoms with van der Waals surface area (Å²) < 4.78 is 12.7. The summed E-state index contributed by atoms with van der Waals surface area (Å²) >= 11 is 1.71. The molecule has 1 heterocycles. The van der Waals surface area contributed by atoms with Crippen molar-refractivity contribution in [1.82, 2.24) is 0 Å². The second kappa shape index (κ2) is 10.9. The van der Waals surface area contributed by atoms with Crippen molar-refractivity contribution < 1.29 is 19.4 Å². The monoisotopic (exact) mass is 464 g/mol. The van der Waals surface area contributed by atoms with Gasteiger partial charge in [0.2, 0.25) is 5.91 Å². The van der Waals surface area contributed by atoms with Crippen molar-refractivity contribution in [2.45, 2.75) is 43.3 Å². The van der Waals surface area contributed by atoms with Crippen LogP contribution in [0.3, 0.4) is 0 Å². The van der Waals surface area contributed by atoms with Gasteiger partial charge in [0.1, 0.15) is 0 Å². The molecule has 3 atom stereocenters. The number of amides is 1. The minimum absolute atomic E-state index is 0.0147. The molecule has 172 valence electrons. The molecular weight excluding hydrogens is 436 g/mol. The summed E-state index contributed by atoms with van der Waals surface area (Å²) in [4.78, 5) is 12.3. The average Bonchev–Trinajstić information content (AvgIpc) is 2.83. The first-order valence-corrected chi connectivity index (χ1v) is 11.8.